The number of pyridine rings is 2. The summed E-state index contributed by atoms with van der Waals surface area (Å²) in [5, 5.41) is 2.20. The van der Waals surface area contributed by atoms with E-state index in [1.807, 2.05) is 53.2 Å². The Morgan fingerprint density at radius 3 is 2.29 bits per heavy atom. The van der Waals surface area contributed by atoms with Gasteiger partial charge in [-0.2, -0.15) is 17.7 Å². The molecular formula is C24H17BrF3N3. The van der Waals surface area contributed by atoms with E-state index in [2.05, 4.69) is 16.0 Å². The number of nitrogens with one attached hydrogen (secondary N) is 1. The predicted molar refractivity (Wildman–Crippen MR) is 110 cm³/mol. The summed E-state index contributed by atoms with van der Waals surface area (Å²) in [6, 6.07) is 21.1. The molecule has 0 saturated carbocycles. The first kappa shape index (κ1) is 21.1. The quantitative estimate of drug-likeness (QED) is 0.393. The maximum atomic E-state index is 12.9. The Bertz CT molecular complexity index is 1340. The highest BCUT2D eigenvalue weighted by molar-refractivity contribution is 6.10. The molecule has 1 N–H and O–H groups in total. The maximum absolute atomic E-state index is 12.9. The molecule has 31 heavy (non-hydrogen) atoms. The molecule has 156 valence electrons. The molecule has 0 fully saturated rings. The van der Waals surface area contributed by atoms with Crippen molar-refractivity contribution in [2.24, 2.45) is 0 Å². The lowest BCUT2D eigenvalue weighted by molar-refractivity contribution is -0.676. The third kappa shape index (κ3) is 3.93. The summed E-state index contributed by atoms with van der Waals surface area (Å²) in [6.45, 7) is 0.426. The third-order valence-electron chi connectivity index (χ3n) is 5.23. The van der Waals surface area contributed by atoms with Gasteiger partial charge in [-0.3, -0.25) is 0 Å². The number of hydrogen-bond donors (Lipinski definition) is 1. The van der Waals surface area contributed by atoms with Crippen LogP contribution in [0.1, 0.15) is 11.1 Å². The van der Waals surface area contributed by atoms with Gasteiger partial charge in [0.2, 0.25) is 0 Å². The molecule has 0 aliphatic rings. The summed E-state index contributed by atoms with van der Waals surface area (Å²) in [7, 11) is 0. The number of aromatic nitrogens is 3. The van der Waals surface area contributed by atoms with E-state index in [1.54, 1.807) is 6.20 Å². The van der Waals surface area contributed by atoms with E-state index >= 15 is 0 Å². The predicted octanol–water partition coefficient (Wildman–Crippen LogP) is 2.74. The van der Waals surface area contributed by atoms with Gasteiger partial charge in [0.05, 0.1) is 5.56 Å². The summed E-state index contributed by atoms with van der Waals surface area (Å²) in [4.78, 5) is 8.02. The van der Waals surface area contributed by atoms with Crippen molar-refractivity contribution in [3.05, 3.63) is 96.3 Å². The molecule has 0 spiro atoms. The Kier molecular flexibility index (Phi) is 5.54. The van der Waals surface area contributed by atoms with Crippen LogP contribution in [0.5, 0.6) is 0 Å². The lowest BCUT2D eigenvalue weighted by atomic mass is 10.1. The monoisotopic (exact) mass is 483 g/mol. The van der Waals surface area contributed by atoms with E-state index in [9.17, 15) is 13.2 Å². The lowest BCUT2D eigenvalue weighted by Gasteiger charge is -2.08. The van der Waals surface area contributed by atoms with Crippen molar-refractivity contribution in [2.75, 3.05) is 0 Å². The molecule has 0 aliphatic heterocycles. The molecule has 0 atom stereocenters. The fraction of sp³-hybridized carbons (Fsp3) is 0.0833. The highest BCUT2D eigenvalue weighted by Crippen LogP contribution is 2.31. The fourth-order valence-electron chi connectivity index (χ4n) is 3.81. The van der Waals surface area contributed by atoms with Gasteiger partial charge in [0.15, 0.2) is 12.7 Å². The number of aromatic amines is 1. The van der Waals surface area contributed by atoms with Gasteiger partial charge in [0.1, 0.15) is 11.2 Å². The van der Waals surface area contributed by atoms with Gasteiger partial charge < -0.3 is 22.0 Å². The van der Waals surface area contributed by atoms with E-state index in [0.29, 0.717) is 6.54 Å². The molecule has 3 heterocycles. The molecule has 0 radical (unpaired) electrons. The average Bonchev–Trinajstić information content (AvgIpc) is 3.12. The first-order valence-corrected chi connectivity index (χ1v) is 9.51. The van der Waals surface area contributed by atoms with Crippen LogP contribution in [0.3, 0.4) is 0 Å². The van der Waals surface area contributed by atoms with Crippen LogP contribution in [-0.2, 0) is 12.7 Å². The standard InChI is InChI=1S/C24H16F3N3.BrH/c25-24(26,27)17-10-8-16(9-11-17)15-30-14-12-19-18-5-1-2-6-20(18)29-22(19)23(30)21-7-3-4-13-28-21;/h1-14H,15H2;1H. The van der Waals surface area contributed by atoms with Gasteiger partial charge in [-0.05, 0) is 30.3 Å². The number of rotatable bonds is 3. The molecule has 2 aromatic carbocycles. The van der Waals surface area contributed by atoms with Gasteiger partial charge in [0.25, 0.3) is 5.69 Å². The molecule has 5 aromatic rings. The Hall–Kier alpha value is -3.19. The topological polar surface area (TPSA) is 32.6 Å². The van der Waals surface area contributed by atoms with Crippen molar-refractivity contribution in [3.8, 4) is 11.4 Å². The molecule has 0 amide bonds. The largest absolute Gasteiger partial charge is 1.00 e. The minimum absolute atomic E-state index is 0. The van der Waals surface area contributed by atoms with Gasteiger partial charge in [0, 0.05) is 34.1 Å². The number of alkyl halides is 3. The van der Waals surface area contributed by atoms with Crippen LogP contribution in [0, 0.1) is 0 Å². The van der Waals surface area contributed by atoms with Crippen LogP contribution in [0.2, 0.25) is 0 Å². The lowest BCUT2D eigenvalue weighted by Crippen LogP contribution is -3.00. The van der Waals surface area contributed by atoms with Gasteiger partial charge in [-0.15, -0.1) is 0 Å². The highest BCUT2D eigenvalue weighted by atomic mass is 79.9. The second kappa shape index (κ2) is 8.15. The van der Waals surface area contributed by atoms with Crippen LogP contribution >= 0.6 is 0 Å². The zero-order valence-corrected chi connectivity index (χ0v) is 17.8. The minimum atomic E-state index is -4.34. The normalized spacial score (nSPS) is 11.6. The molecule has 0 unspecified atom stereocenters. The average molecular weight is 484 g/mol. The number of fused-ring (bicyclic) bond motifs is 3. The first-order valence-electron chi connectivity index (χ1n) is 9.51. The molecule has 0 aliphatic carbocycles. The molecule has 3 aromatic heterocycles. The van der Waals surface area contributed by atoms with Crippen LogP contribution in [0.15, 0.2) is 85.2 Å². The van der Waals surface area contributed by atoms with Crippen LogP contribution in [0.4, 0.5) is 13.2 Å². The van der Waals surface area contributed by atoms with Crippen LogP contribution < -0.4 is 21.5 Å². The van der Waals surface area contributed by atoms with E-state index in [-0.39, 0.29) is 17.0 Å². The number of para-hydroxylation sites is 1. The van der Waals surface area contributed by atoms with E-state index in [0.717, 1.165) is 50.9 Å². The van der Waals surface area contributed by atoms with Crippen LogP contribution in [0.25, 0.3) is 33.2 Å². The Morgan fingerprint density at radius 1 is 0.839 bits per heavy atom. The molecule has 3 nitrogen and oxygen atoms in total. The molecule has 0 bridgehead atoms. The van der Waals surface area contributed by atoms with E-state index in [1.165, 1.54) is 12.1 Å². The Balaban J connectivity index is 0.00000231. The summed E-state index contributed by atoms with van der Waals surface area (Å²) >= 11 is 0. The summed E-state index contributed by atoms with van der Waals surface area (Å²) < 4.78 is 40.7. The Labute approximate surface area is 187 Å². The van der Waals surface area contributed by atoms with Gasteiger partial charge >= 0.3 is 6.18 Å². The van der Waals surface area contributed by atoms with E-state index < -0.39 is 11.7 Å². The maximum Gasteiger partial charge on any atom is 0.416 e. The second-order valence-electron chi connectivity index (χ2n) is 7.16. The molecular weight excluding hydrogens is 467 g/mol. The highest BCUT2D eigenvalue weighted by Gasteiger charge is 2.30. The van der Waals surface area contributed by atoms with Crippen molar-refractivity contribution in [3.63, 3.8) is 0 Å². The van der Waals surface area contributed by atoms with Crippen molar-refractivity contribution < 1.29 is 34.7 Å². The first-order chi connectivity index (χ1) is 14.5. The summed E-state index contributed by atoms with van der Waals surface area (Å²) in [5.74, 6) is 0. The SMILES string of the molecule is FC(F)(F)c1ccc(C[n+]2ccc3c([nH]c4ccccc43)c2-c2ccccn2)cc1.[Br-]. The van der Waals surface area contributed by atoms with Gasteiger partial charge in [-0.1, -0.05) is 36.4 Å². The third-order valence-corrected chi connectivity index (χ3v) is 5.23. The summed E-state index contributed by atoms with van der Waals surface area (Å²) in [6.07, 6.45) is -0.641. The van der Waals surface area contributed by atoms with Crippen molar-refractivity contribution >= 4 is 21.8 Å². The fourth-order valence-corrected chi connectivity index (χ4v) is 3.81. The molecule has 5 rings (SSSR count). The van der Waals surface area contributed by atoms with Crippen molar-refractivity contribution in [1.82, 2.24) is 9.97 Å². The van der Waals surface area contributed by atoms with Crippen molar-refractivity contribution in [2.45, 2.75) is 12.7 Å². The summed E-state index contributed by atoms with van der Waals surface area (Å²) in [5.41, 5.74) is 3.79. The smallest absolute Gasteiger partial charge is 0.416 e. The van der Waals surface area contributed by atoms with Crippen molar-refractivity contribution in [1.29, 1.82) is 0 Å². The number of H-pyrrole nitrogens is 1. The van der Waals surface area contributed by atoms with Gasteiger partial charge in [-0.25, -0.2) is 4.98 Å². The second-order valence-corrected chi connectivity index (χ2v) is 7.16. The number of hydrogen-bond acceptors (Lipinski definition) is 1. The number of nitrogens with zero attached hydrogens (tertiary/aromatic N) is 2. The number of benzene rings is 2. The van der Waals surface area contributed by atoms with Crippen LogP contribution in [-0.4, -0.2) is 9.97 Å². The Morgan fingerprint density at radius 2 is 1.58 bits per heavy atom. The van der Waals surface area contributed by atoms with E-state index in [4.69, 9.17) is 0 Å². The molecule has 7 heteroatoms. The minimum Gasteiger partial charge on any atom is -1.00 e. The zero-order valence-electron chi connectivity index (χ0n) is 16.2. The molecule has 0 saturated heterocycles. The number of halogens is 4. The zero-order chi connectivity index (χ0) is 20.7.